The van der Waals surface area contributed by atoms with E-state index in [-0.39, 0.29) is 11.9 Å². The lowest BCUT2D eigenvalue weighted by molar-refractivity contribution is -0.123. The summed E-state index contributed by atoms with van der Waals surface area (Å²) in [6.45, 7) is 2.98. The molecule has 128 valence electrons. The van der Waals surface area contributed by atoms with Crippen molar-refractivity contribution < 1.29 is 9.53 Å². The van der Waals surface area contributed by atoms with Crippen molar-refractivity contribution >= 4 is 17.5 Å². The standard InChI is InChI=1S/C19H23ClN2O2/c1-3-18(21-2)19(23)22-12-14-6-10-17(11-7-14)24-13-15-4-8-16(20)9-5-15/h4-11,18,21H,3,12-13H2,1-2H3,(H,22,23). The van der Waals surface area contributed by atoms with Crippen molar-refractivity contribution in [2.75, 3.05) is 7.05 Å². The number of hydrogen-bond donors (Lipinski definition) is 2. The highest BCUT2D eigenvalue weighted by Gasteiger charge is 2.12. The Morgan fingerprint density at radius 1 is 1.08 bits per heavy atom. The van der Waals surface area contributed by atoms with Crippen LogP contribution in [0.2, 0.25) is 5.02 Å². The molecule has 1 amide bonds. The van der Waals surface area contributed by atoms with E-state index >= 15 is 0 Å². The quantitative estimate of drug-likeness (QED) is 0.768. The number of ether oxygens (including phenoxy) is 1. The second-order valence-electron chi connectivity index (χ2n) is 5.53. The summed E-state index contributed by atoms with van der Waals surface area (Å²) in [7, 11) is 1.79. The number of nitrogens with one attached hydrogen (secondary N) is 2. The molecular formula is C19H23ClN2O2. The molecule has 2 aromatic carbocycles. The zero-order chi connectivity index (χ0) is 17.4. The first kappa shape index (κ1) is 18.3. The lowest BCUT2D eigenvalue weighted by Gasteiger charge is -2.14. The maximum absolute atomic E-state index is 11.9. The highest BCUT2D eigenvalue weighted by molar-refractivity contribution is 6.30. The maximum Gasteiger partial charge on any atom is 0.237 e. The summed E-state index contributed by atoms with van der Waals surface area (Å²) in [4.78, 5) is 11.9. The first-order valence-electron chi connectivity index (χ1n) is 8.03. The molecule has 24 heavy (non-hydrogen) atoms. The number of halogens is 1. The van der Waals surface area contributed by atoms with Crippen LogP contribution in [0.4, 0.5) is 0 Å². The lowest BCUT2D eigenvalue weighted by Crippen LogP contribution is -2.41. The average molecular weight is 347 g/mol. The Bertz CT molecular complexity index is 637. The van der Waals surface area contributed by atoms with E-state index in [4.69, 9.17) is 16.3 Å². The molecule has 4 nitrogen and oxygen atoms in total. The van der Waals surface area contributed by atoms with Crippen LogP contribution in [0.3, 0.4) is 0 Å². The van der Waals surface area contributed by atoms with Gasteiger partial charge in [-0.25, -0.2) is 0 Å². The van der Waals surface area contributed by atoms with Crippen LogP contribution in [0.15, 0.2) is 48.5 Å². The van der Waals surface area contributed by atoms with Gasteiger partial charge >= 0.3 is 0 Å². The van der Waals surface area contributed by atoms with Gasteiger partial charge in [-0.3, -0.25) is 4.79 Å². The lowest BCUT2D eigenvalue weighted by atomic mass is 10.2. The Labute approximate surface area is 148 Å². The highest BCUT2D eigenvalue weighted by atomic mass is 35.5. The first-order chi connectivity index (χ1) is 11.6. The summed E-state index contributed by atoms with van der Waals surface area (Å²) in [5.74, 6) is 0.810. The van der Waals surface area contributed by atoms with E-state index in [0.717, 1.165) is 23.3 Å². The Hall–Kier alpha value is -2.04. The van der Waals surface area contributed by atoms with Gasteiger partial charge in [0.1, 0.15) is 12.4 Å². The molecule has 0 aromatic heterocycles. The van der Waals surface area contributed by atoms with Crippen molar-refractivity contribution in [2.24, 2.45) is 0 Å². The summed E-state index contributed by atoms with van der Waals surface area (Å²) in [5.41, 5.74) is 2.10. The van der Waals surface area contributed by atoms with Gasteiger partial charge in [-0.2, -0.15) is 0 Å². The predicted molar refractivity (Wildman–Crippen MR) is 97.2 cm³/mol. The van der Waals surface area contributed by atoms with Gasteiger partial charge in [-0.15, -0.1) is 0 Å². The third-order valence-electron chi connectivity index (χ3n) is 3.78. The summed E-state index contributed by atoms with van der Waals surface area (Å²) in [6.07, 6.45) is 0.764. The molecule has 2 rings (SSSR count). The summed E-state index contributed by atoms with van der Waals surface area (Å²) in [5, 5.41) is 6.64. The molecule has 0 heterocycles. The molecule has 1 unspecified atom stereocenters. The van der Waals surface area contributed by atoms with Gasteiger partial charge in [0, 0.05) is 11.6 Å². The second kappa shape index (κ2) is 9.30. The number of hydrogen-bond acceptors (Lipinski definition) is 3. The number of rotatable bonds is 8. The fourth-order valence-corrected chi connectivity index (χ4v) is 2.41. The topological polar surface area (TPSA) is 50.4 Å². The summed E-state index contributed by atoms with van der Waals surface area (Å²) in [6, 6.07) is 15.2. The van der Waals surface area contributed by atoms with E-state index in [1.54, 1.807) is 7.05 Å². The van der Waals surface area contributed by atoms with E-state index < -0.39 is 0 Å². The molecular weight excluding hydrogens is 324 g/mol. The molecule has 0 aliphatic heterocycles. The predicted octanol–water partition coefficient (Wildman–Crippen LogP) is 3.53. The van der Waals surface area contributed by atoms with Gasteiger partial charge in [-0.05, 0) is 48.9 Å². The molecule has 0 fully saturated rings. The van der Waals surface area contributed by atoms with Crippen LogP contribution in [0.1, 0.15) is 24.5 Å². The Morgan fingerprint density at radius 3 is 2.29 bits per heavy atom. The first-order valence-corrected chi connectivity index (χ1v) is 8.41. The average Bonchev–Trinajstić information content (AvgIpc) is 2.61. The van der Waals surface area contributed by atoms with Gasteiger partial charge in [0.15, 0.2) is 0 Å². The number of carbonyl (C=O) groups excluding carboxylic acids is 1. The molecule has 0 saturated heterocycles. The molecule has 2 aromatic rings. The fourth-order valence-electron chi connectivity index (χ4n) is 2.28. The Morgan fingerprint density at radius 2 is 1.71 bits per heavy atom. The Kier molecular flexibility index (Phi) is 7.09. The van der Waals surface area contributed by atoms with Gasteiger partial charge in [0.2, 0.25) is 5.91 Å². The zero-order valence-corrected chi connectivity index (χ0v) is 14.8. The van der Waals surface area contributed by atoms with Crippen LogP contribution < -0.4 is 15.4 Å². The Balaban J connectivity index is 1.82. The maximum atomic E-state index is 11.9. The van der Waals surface area contributed by atoms with Crippen LogP contribution in [0, 0.1) is 0 Å². The van der Waals surface area contributed by atoms with Crippen molar-refractivity contribution in [3.63, 3.8) is 0 Å². The molecule has 0 saturated carbocycles. The number of benzene rings is 2. The van der Waals surface area contributed by atoms with E-state index in [0.29, 0.717) is 18.2 Å². The fraction of sp³-hybridized carbons (Fsp3) is 0.316. The SMILES string of the molecule is CCC(NC)C(=O)NCc1ccc(OCc2ccc(Cl)cc2)cc1. The van der Waals surface area contributed by atoms with Crippen molar-refractivity contribution in [2.45, 2.75) is 32.5 Å². The molecule has 0 bridgehead atoms. The molecule has 0 aliphatic carbocycles. The van der Waals surface area contributed by atoms with Gasteiger partial charge in [-0.1, -0.05) is 42.8 Å². The number of likely N-dealkylation sites (N-methyl/N-ethyl adjacent to an activating group) is 1. The van der Waals surface area contributed by atoms with Crippen LogP contribution in [0.5, 0.6) is 5.75 Å². The largest absolute Gasteiger partial charge is 0.489 e. The number of amides is 1. The monoisotopic (exact) mass is 346 g/mol. The molecule has 5 heteroatoms. The third-order valence-corrected chi connectivity index (χ3v) is 4.03. The minimum atomic E-state index is -0.146. The summed E-state index contributed by atoms with van der Waals surface area (Å²) >= 11 is 5.86. The van der Waals surface area contributed by atoms with Gasteiger partial charge in [0.05, 0.1) is 6.04 Å². The van der Waals surface area contributed by atoms with Gasteiger partial charge in [0.25, 0.3) is 0 Å². The normalized spacial score (nSPS) is 11.8. The smallest absolute Gasteiger partial charge is 0.237 e. The second-order valence-corrected chi connectivity index (χ2v) is 5.96. The van der Waals surface area contributed by atoms with Crippen molar-refractivity contribution in [1.82, 2.24) is 10.6 Å². The molecule has 0 spiro atoms. The van der Waals surface area contributed by atoms with Crippen LogP contribution in [-0.4, -0.2) is 19.0 Å². The molecule has 0 radical (unpaired) electrons. The highest BCUT2D eigenvalue weighted by Crippen LogP contribution is 2.15. The minimum Gasteiger partial charge on any atom is -0.489 e. The van der Waals surface area contributed by atoms with Crippen LogP contribution in [-0.2, 0) is 17.9 Å². The van der Waals surface area contributed by atoms with E-state index in [1.807, 2.05) is 55.5 Å². The van der Waals surface area contributed by atoms with E-state index in [2.05, 4.69) is 10.6 Å². The van der Waals surface area contributed by atoms with E-state index in [9.17, 15) is 4.79 Å². The van der Waals surface area contributed by atoms with Crippen molar-refractivity contribution in [1.29, 1.82) is 0 Å². The summed E-state index contributed by atoms with van der Waals surface area (Å²) < 4.78 is 5.75. The molecule has 1 atom stereocenters. The van der Waals surface area contributed by atoms with Crippen LogP contribution in [0.25, 0.3) is 0 Å². The van der Waals surface area contributed by atoms with Crippen molar-refractivity contribution in [3.05, 3.63) is 64.7 Å². The van der Waals surface area contributed by atoms with Gasteiger partial charge < -0.3 is 15.4 Å². The van der Waals surface area contributed by atoms with Crippen LogP contribution >= 0.6 is 11.6 Å². The van der Waals surface area contributed by atoms with Crippen molar-refractivity contribution in [3.8, 4) is 5.75 Å². The zero-order valence-electron chi connectivity index (χ0n) is 14.0. The minimum absolute atomic E-state index is 0.0167. The molecule has 0 aliphatic rings. The number of carbonyl (C=O) groups is 1. The third kappa shape index (κ3) is 5.55. The van der Waals surface area contributed by atoms with E-state index in [1.165, 1.54) is 0 Å². The molecule has 2 N–H and O–H groups in total.